The van der Waals surface area contributed by atoms with E-state index in [2.05, 4.69) is 33.7 Å². The van der Waals surface area contributed by atoms with Crippen molar-refractivity contribution in [1.29, 1.82) is 0 Å². The van der Waals surface area contributed by atoms with Crippen LogP contribution in [0.5, 0.6) is 0 Å². The van der Waals surface area contributed by atoms with Crippen molar-refractivity contribution in [2.75, 3.05) is 13.1 Å². The van der Waals surface area contributed by atoms with E-state index in [4.69, 9.17) is 0 Å². The van der Waals surface area contributed by atoms with E-state index in [-0.39, 0.29) is 5.56 Å². The van der Waals surface area contributed by atoms with Gasteiger partial charge in [-0.25, -0.2) is 4.98 Å². The number of hydrogen-bond acceptors (Lipinski definition) is 3. The van der Waals surface area contributed by atoms with Crippen LogP contribution in [0.25, 0.3) is 11.0 Å². The zero-order chi connectivity index (χ0) is 14.1. The number of nitrogens with zero attached hydrogens (tertiary/aromatic N) is 2. The fourth-order valence-corrected chi connectivity index (χ4v) is 2.92. The first kappa shape index (κ1) is 13.4. The molecule has 1 aliphatic heterocycles. The Morgan fingerprint density at radius 1 is 1.30 bits per heavy atom. The molecule has 1 saturated heterocycles. The lowest BCUT2D eigenvalue weighted by Crippen LogP contribution is -2.29. The molecular weight excluding hydrogens is 252 g/mol. The molecule has 108 valence electrons. The summed E-state index contributed by atoms with van der Waals surface area (Å²) in [7, 11) is 0. The molecule has 0 atom stereocenters. The minimum atomic E-state index is -0.0817. The minimum Gasteiger partial charge on any atom is -0.336 e. The monoisotopic (exact) mass is 274 g/mol. The van der Waals surface area contributed by atoms with Crippen molar-refractivity contribution in [1.82, 2.24) is 19.9 Å². The smallest absolute Gasteiger partial charge is 0.273 e. The molecule has 1 aliphatic rings. The predicted octanol–water partition coefficient (Wildman–Crippen LogP) is 2.36. The number of aromatic nitrogens is 3. The van der Waals surface area contributed by atoms with Gasteiger partial charge in [-0.05, 0) is 37.4 Å². The summed E-state index contributed by atoms with van der Waals surface area (Å²) in [5.74, 6) is 1.25. The highest BCUT2D eigenvalue weighted by Gasteiger charge is 2.16. The number of imidazole rings is 1. The van der Waals surface area contributed by atoms with E-state index >= 15 is 0 Å². The van der Waals surface area contributed by atoms with Crippen molar-refractivity contribution < 1.29 is 0 Å². The lowest BCUT2D eigenvalue weighted by Gasteiger charge is -2.25. The second-order valence-electron chi connectivity index (χ2n) is 5.97. The molecule has 0 unspecified atom stereocenters. The normalized spacial score (nSPS) is 17.1. The average Bonchev–Trinajstić information content (AvgIpc) is 2.84. The molecule has 5 heteroatoms. The van der Waals surface area contributed by atoms with Gasteiger partial charge >= 0.3 is 0 Å². The summed E-state index contributed by atoms with van der Waals surface area (Å²) in [4.78, 5) is 25.0. The molecule has 0 aliphatic carbocycles. The van der Waals surface area contributed by atoms with Gasteiger partial charge in [0.2, 0.25) is 0 Å². The van der Waals surface area contributed by atoms with E-state index in [1.165, 1.54) is 19.3 Å². The van der Waals surface area contributed by atoms with Crippen LogP contribution in [0.2, 0.25) is 0 Å². The van der Waals surface area contributed by atoms with Gasteiger partial charge in [-0.1, -0.05) is 20.3 Å². The maximum Gasteiger partial charge on any atom is 0.273 e. The summed E-state index contributed by atoms with van der Waals surface area (Å²) < 4.78 is 0. The number of nitrogens with one attached hydrogen (secondary N) is 2. The van der Waals surface area contributed by atoms with Crippen LogP contribution >= 0.6 is 0 Å². The average molecular weight is 274 g/mol. The molecule has 5 nitrogen and oxygen atoms in total. The SMILES string of the molecule is CC(C)c1c[nH]c(=O)c2[nH]c(CN3CCCCC3)nc12. The Morgan fingerprint density at radius 3 is 2.75 bits per heavy atom. The summed E-state index contributed by atoms with van der Waals surface area (Å²) in [6, 6.07) is 0. The van der Waals surface area contributed by atoms with Crippen molar-refractivity contribution in [2.45, 2.75) is 45.6 Å². The number of H-pyrrole nitrogens is 2. The molecule has 20 heavy (non-hydrogen) atoms. The standard InChI is InChI=1S/C15H22N4O/c1-10(2)11-8-16-15(20)14-13(11)17-12(18-14)9-19-6-4-3-5-7-19/h8,10H,3-7,9H2,1-2H3,(H,16,20)(H,17,18). The van der Waals surface area contributed by atoms with E-state index in [1.807, 2.05) is 0 Å². The van der Waals surface area contributed by atoms with E-state index in [0.717, 1.165) is 36.5 Å². The van der Waals surface area contributed by atoms with Crippen LogP contribution in [0, 0.1) is 0 Å². The summed E-state index contributed by atoms with van der Waals surface area (Å²) in [6.45, 7) is 7.30. The second-order valence-corrected chi connectivity index (χ2v) is 5.97. The molecule has 2 N–H and O–H groups in total. The quantitative estimate of drug-likeness (QED) is 0.903. The molecule has 0 aromatic carbocycles. The zero-order valence-corrected chi connectivity index (χ0v) is 12.2. The van der Waals surface area contributed by atoms with Crippen molar-refractivity contribution in [3.63, 3.8) is 0 Å². The third kappa shape index (κ3) is 2.50. The fraction of sp³-hybridized carbons (Fsp3) is 0.600. The summed E-state index contributed by atoms with van der Waals surface area (Å²) >= 11 is 0. The van der Waals surface area contributed by atoms with E-state index < -0.39 is 0 Å². The Morgan fingerprint density at radius 2 is 2.05 bits per heavy atom. The first-order valence-electron chi connectivity index (χ1n) is 7.47. The van der Waals surface area contributed by atoms with Gasteiger partial charge in [-0.3, -0.25) is 9.69 Å². The topological polar surface area (TPSA) is 64.8 Å². The van der Waals surface area contributed by atoms with Gasteiger partial charge in [0.05, 0.1) is 12.1 Å². The molecule has 0 radical (unpaired) electrons. The molecule has 1 fully saturated rings. The molecule has 2 aromatic rings. The van der Waals surface area contributed by atoms with E-state index in [0.29, 0.717) is 11.4 Å². The third-order valence-corrected chi connectivity index (χ3v) is 4.06. The Hall–Kier alpha value is -1.62. The van der Waals surface area contributed by atoms with Crippen molar-refractivity contribution in [3.8, 4) is 0 Å². The van der Waals surface area contributed by atoms with Gasteiger partial charge < -0.3 is 9.97 Å². The Labute approximate surface area is 118 Å². The van der Waals surface area contributed by atoms with Crippen molar-refractivity contribution >= 4 is 11.0 Å². The van der Waals surface area contributed by atoms with Gasteiger partial charge in [-0.2, -0.15) is 0 Å². The third-order valence-electron chi connectivity index (χ3n) is 4.06. The maximum absolute atomic E-state index is 11.9. The fourth-order valence-electron chi connectivity index (χ4n) is 2.92. The van der Waals surface area contributed by atoms with Gasteiger partial charge in [0.1, 0.15) is 11.3 Å². The van der Waals surface area contributed by atoms with Crippen LogP contribution in [0.15, 0.2) is 11.0 Å². The maximum atomic E-state index is 11.9. The van der Waals surface area contributed by atoms with Crippen LogP contribution in [0.4, 0.5) is 0 Å². The second kappa shape index (κ2) is 5.40. The number of rotatable bonds is 3. The predicted molar refractivity (Wildman–Crippen MR) is 79.9 cm³/mol. The van der Waals surface area contributed by atoms with Crippen LogP contribution in [0.1, 0.15) is 50.4 Å². The number of fused-ring (bicyclic) bond motifs is 1. The number of aromatic amines is 2. The van der Waals surface area contributed by atoms with E-state index in [1.54, 1.807) is 6.20 Å². The van der Waals surface area contributed by atoms with Crippen LogP contribution in [-0.4, -0.2) is 32.9 Å². The molecule has 3 heterocycles. The van der Waals surface area contributed by atoms with Gasteiger partial charge in [0.25, 0.3) is 5.56 Å². The molecule has 0 amide bonds. The summed E-state index contributed by atoms with van der Waals surface area (Å²) in [5, 5.41) is 0. The van der Waals surface area contributed by atoms with Gasteiger partial charge in [0, 0.05) is 6.20 Å². The highest BCUT2D eigenvalue weighted by molar-refractivity contribution is 5.78. The summed E-state index contributed by atoms with van der Waals surface area (Å²) in [6.07, 6.45) is 5.64. The number of hydrogen-bond donors (Lipinski definition) is 2. The Kier molecular flexibility index (Phi) is 3.61. The molecule has 0 spiro atoms. The van der Waals surface area contributed by atoms with Crippen LogP contribution in [-0.2, 0) is 6.54 Å². The largest absolute Gasteiger partial charge is 0.336 e. The number of piperidine rings is 1. The number of pyridine rings is 1. The van der Waals surface area contributed by atoms with Crippen molar-refractivity contribution in [3.05, 3.63) is 27.9 Å². The highest BCUT2D eigenvalue weighted by Crippen LogP contribution is 2.21. The van der Waals surface area contributed by atoms with Gasteiger partial charge in [-0.15, -0.1) is 0 Å². The summed E-state index contributed by atoms with van der Waals surface area (Å²) in [5.41, 5.74) is 2.46. The minimum absolute atomic E-state index is 0.0817. The van der Waals surface area contributed by atoms with Crippen LogP contribution in [0.3, 0.4) is 0 Å². The van der Waals surface area contributed by atoms with Gasteiger partial charge in [0.15, 0.2) is 0 Å². The number of likely N-dealkylation sites (tertiary alicyclic amines) is 1. The molecule has 0 bridgehead atoms. The highest BCUT2D eigenvalue weighted by atomic mass is 16.1. The zero-order valence-electron chi connectivity index (χ0n) is 12.2. The first-order chi connectivity index (χ1) is 9.65. The molecular formula is C15H22N4O. The van der Waals surface area contributed by atoms with Crippen molar-refractivity contribution in [2.24, 2.45) is 0 Å². The Balaban J connectivity index is 1.95. The molecule has 3 rings (SSSR count). The first-order valence-corrected chi connectivity index (χ1v) is 7.47. The van der Waals surface area contributed by atoms with Crippen LogP contribution < -0.4 is 5.56 Å². The Bertz CT molecular complexity index is 649. The lowest BCUT2D eigenvalue weighted by molar-refractivity contribution is 0.216. The lowest BCUT2D eigenvalue weighted by atomic mass is 10.0. The molecule has 0 saturated carbocycles. The molecule has 2 aromatic heterocycles. The van der Waals surface area contributed by atoms with E-state index in [9.17, 15) is 4.79 Å².